The summed E-state index contributed by atoms with van der Waals surface area (Å²) in [6.07, 6.45) is 1.80. The number of fused-ring (bicyclic) bond motifs is 1. The highest BCUT2D eigenvalue weighted by molar-refractivity contribution is 9.10. The van der Waals surface area contributed by atoms with Gasteiger partial charge in [-0.25, -0.2) is 4.79 Å². The zero-order valence-corrected chi connectivity index (χ0v) is 18.2. The number of benzene rings is 2. The molecule has 2 amide bonds. The summed E-state index contributed by atoms with van der Waals surface area (Å²) >= 11 is 3.53. The topological polar surface area (TPSA) is 58.6 Å². The van der Waals surface area contributed by atoms with E-state index in [0.29, 0.717) is 5.92 Å². The van der Waals surface area contributed by atoms with Crippen LogP contribution in [-0.4, -0.2) is 18.0 Å². The standard InChI is InChI=1S/C23H25BrN2O3/c1-14-21(25-23(28)29-13-16-6-4-3-5-7-16)19-12-18(24)10-11-20(19)26(15(2)27)22(14)17-8-9-17/h3-7,10-12,14,17,21-22H,8-9,13H2,1-2H3,(H,25,28)/t14-,21?,22-/m1/s1. The number of hydrogen-bond acceptors (Lipinski definition) is 3. The smallest absolute Gasteiger partial charge is 0.407 e. The van der Waals surface area contributed by atoms with Crippen LogP contribution in [0.2, 0.25) is 0 Å². The number of nitrogens with one attached hydrogen (secondary N) is 1. The Morgan fingerprint density at radius 3 is 2.55 bits per heavy atom. The Balaban J connectivity index is 1.59. The summed E-state index contributed by atoms with van der Waals surface area (Å²) in [5.74, 6) is 0.607. The van der Waals surface area contributed by atoms with Crippen LogP contribution in [0.4, 0.5) is 10.5 Å². The van der Waals surface area contributed by atoms with Gasteiger partial charge in [-0.2, -0.15) is 0 Å². The Morgan fingerprint density at radius 1 is 1.17 bits per heavy atom. The molecule has 1 fully saturated rings. The molecule has 2 aromatic carbocycles. The Hall–Kier alpha value is -2.34. The predicted molar refractivity (Wildman–Crippen MR) is 115 cm³/mol. The van der Waals surface area contributed by atoms with Gasteiger partial charge in [-0.1, -0.05) is 53.2 Å². The van der Waals surface area contributed by atoms with Crippen LogP contribution >= 0.6 is 15.9 Å². The van der Waals surface area contributed by atoms with Gasteiger partial charge in [-0.05, 0) is 48.1 Å². The minimum absolute atomic E-state index is 0.0439. The highest BCUT2D eigenvalue weighted by atomic mass is 79.9. The van der Waals surface area contributed by atoms with Crippen LogP contribution < -0.4 is 10.2 Å². The van der Waals surface area contributed by atoms with Gasteiger partial charge in [-0.3, -0.25) is 4.79 Å². The van der Waals surface area contributed by atoms with Gasteiger partial charge in [0.25, 0.3) is 0 Å². The third-order valence-electron chi connectivity index (χ3n) is 5.88. The molecule has 1 N–H and O–H groups in total. The van der Waals surface area contributed by atoms with Crippen LogP contribution in [0.25, 0.3) is 0 Å². The molecule has 29 heavy (non-hydrogen) atoms. The number of carbonyl (C=O) groups excluding carboxylic acids is 2. The van der Waals surface area contributed by atoms with Crippen molar-refractivity contribution in [1.29, 1.82) is 0 Å². The third-order valence-corrected chi connectivity index (χ3v) is 6.37. The molecule has 0 saturated heterocycles. The van der Waals surface area contributed by atoms with Crippen molar-refractivity contribution in [3.8, 4) is 0 Å². The van der Waals surface area contributed by atoms with Gasteiger partial charge in [0, 0.05) is 29.0 Å². The van der Waals surface area contributed by atoms with Gasteiger partial charge in [-0.15, -0.1) is 0 Å². The lowest BCUT2D eigenvalue weighted by Gasteiger charge is -2.45. The summed E-state index contributed by atoms with van der Waals surface area (Å²) in [6, 6.07) is 15.4. The van der Waals surface area contributed by atoms with E-state index >= 15 is 0 Å². The second-order valence-electron chi connectivity index (χ2n) is 7.96. The number of anilines is 1. The fraction of sp³-hybridized carbons (Fsp3) is 0.391. The van der Waals surface area contributed by atoms with Crippen LogP contribution in [0.1, 0.15) is 43.9 Å². The Morgan fingerprint density at radius 2 is 1.90 bits per heavy atom. The number of rotatable bonds is 4. The van der Waals surface area contributed by atoms with Crippen LogP contribution in [0.3, 0.4) is 0 Å². The van der Waals surface area contributed by atoms with Crippen LogP contribution in [0.5, 0.6) is 0 Å². The summed E-state index contributed by atoms with van der Waals surface area (Å²) in [6.45, 7) is 3.96. The van der Waals surface area contributed by atoms with Crippen molar-refractivity contribution in [1.82, 2.24) is 5.32 Å². The first-order valence-corrected chi connectivity index (χ1v) is 10.8. The summed E-state index contributed by atoms with van der Waals surface area (Å²) in [5, 5.41) is 3.07. The maximum absolute atomic E-state index is 12.6. The van der Waals surface area contributed by atoms with Crippen molar-refractivity contribution in [3.63, 3.8) is 0 Å². The molecule has 1 heterocycles. The van der Waals surface area contributed by atoms with E-state index in [9.17, 15) is 9.59 Å². The van der Waals surface area contributed by atoms with Crippen LogP contribution in [-0.2, 0) is 16.1 Å². The van der Waals surface area contributed by atoms with Gasteiger partial charge in [0.2, 0.25) is 5.91 Å². The molecule has 2 aliphatic rings. The second kappa shape index (κ2) is 8.19. The van der Waals surface area contributed by atoms with Crippen molar-refractivity contribution in [3.05, 3.63) is 64.1 Å². The summed E-state index contributed by atoms with van der Waals surface area (Å²) in [7, 11) is 0. The Labute approximate surface area is 179 Å². The normalized spacial score (nSPS) is 23.3. The molecule has 2 aromatic rings. The predicted octanol–water partition coefficient (Wildman–Crippen LogP) is 5.20. The SMILES string of the molecule is CC(=O)N1c2ccc(Br)cc2C(NC(=O)OCc2ccccc2)[C@@H](C)[C@@H]1C1CC1. The molecule has 0 aromatic heterocycles. The minimum Gasteiger partial charge on any atom is -0.445 e. The van der Waals surface area contributed by atoms with E-state index in [4.69, 9.17) is 4.74 Å². The van der Waals surface area contributed by atoms with E-state index in [-0.39, 0.29) is 30.5 Å². The zero-order valence-electron chi connectivity index (χ0n) is 16.6. The molecule has 1 saturated carbocycles. The van der Waals surface area contributed by atoms with E-state index in [0.717, 1.165) is 34.1 Å². The molecule has 5 nitrogen and oxygen atoms in total. The molecule has 1 aliphatic heterocycles. The summed E-state index contributed by atoms with van der Waals surface area (Å²) < 4.78 is 6.39. The third kappa shape index (κ3) is 4.17. The molecule has 0 bridgehead atoms. The van der Waals surface area contributed by atoms with Crippen LogP contribution in [0, 0.1) is 11.8 Å². The molecular formula is C23H25BrN2O3. The molecule has 0 radical (unpaired) electrons. The maximum atomic E-state index is 12.6. The average molecular weight is 457 g/mol. The van der Waals surface area contributed by atoms with Crippen molar-refractivity contribution >= 4 is 33.6 Å². The molecule has 1 aliphatic carbocycles. The van der Waals surface area contributed by atoms with Gasteiger partial charge in [0.05, 0.1) is 6.04 Å². The summed E-state index contributed by atoms with van der Waals surface area (Å²) in [5.41, 5.74) is 2.76. The lowest BCUT2D eigenvalue weighted by atomic mass is 9.80. The van der Waals surface area contributed by atoms with E-state index in [1.165, 1.54) is 0 Å². The van der Waals surface area contributed by atoms with E-state index in [1.807, 2.05) is 53.4 Å². The van der Waals surface area contributed by atoms with Gasteiger partial charge < -0.3 is 15.0 Å². The van der Waals surface area contributed by atoms with E-state index < -0.39 is 6.09 Å². The van der Waals surface area contributed by atoms with Gasteiger partial charge >= 0.3 is 6.09 Å². The van der Waals surface area contributed by atoms with E-state index in [2.05, 4.69) is 28.2 Å². The Bertz CT molecular complexity index is 914. The lowest BCUT2D eigenvalue weighted by molar-refractivity contribution is -0.117. The number of alkyl carbamates (subject to hydrolysis) is 1. The fourth-order valence-electron chi connectivity index (χ4n) is 4.43. The number of ether oxygens (including phenoxy) is 1. The first-order chi connectivity index (χ1) is 14.0. The minimum atomic E-state index is -0.442. The van der Waals surface area contributed by atoms with Gasteiger partial charge in [0.1, 0.15) is 6.61 Å². The maximum Gasteiger partial charge on any atom is 0.407 e. The Kier molecular flexibility index (Phi) is 5.63. The lowest BCUT2D eigenvalue weighted by Crippen LogP contribution is -2.53. The largest absolute Gasteiger partial charge is 0.445 e. The van der Waals surface area contributed by atoms with E-state index in [1.54, 1.807) is 6.92 Å². The quantitative estimate of drug-likeness (QED) is 0.687. The number of carbonyl (C=O) groups is 2. The molecule has 3 atom stereocenters. The number of hydrogen-bond donors (Lipinski definition) is 1. The molecule has 1 unspecified atom stereocenters. The number of nitrogens with zero attached hydrogens (tertiary/aromatic N) is 1. The molecule has 152 valence electrons. The molecule has 0 spiro atoms. The fourth-order valence-corrected chi connectivity index (χ4v) is 4.81. The first kappa shape index (κ1) is 20.0. The summed E-state index contributed by atoms with van der Waals surface area (Å²) in [4.78, 5) is 27.1. The van der Waals surface area contributed by atoms with Crippen molar-refractivity contribution in [2.75, 3.05) is 4.90 Å². The molecular weight excluding hydrogens is 432 g/mol. The highest BCUT2D eigenvalue weighted by Crippen LogP contribution is 2.49. The highest BCUT2D eigenvalue weighted by Gasteiger charge is 2.48. The monoisotopic (exact) mass is 456 g/mol. The molecule has 4 rings (SSSR count). The van der Waals surface area contributed by atoms with Crippen molar-refractivity contribution < 1.29 is 14.3 Å². The van der Waals surface area contributed by atoms with Crippen molar-refractivity contribution in [2.45, 2.75) is 45.4 Å². The van der Waals surface area contributed by atoms with Crippen LogP contribution in [0.15, 0.2) is 53.0 Å². The van der Waals surface area contributed by atoms with Crippen molar-refractivity contribution in [2.24, 2.45) is 11.8 Å². The number of halogens is 1. The zero-order chi connectivity index (χ0) is 20.5. The second-order valence-corrected chi connectivity index (χ2v) is 8.88. The first-order valence-electron chi connectivity index (χ1n) is 10.0. The average Bonchev–Trinajstić information content (AvgIpc) is 3.53. The number of amides is 2. The van der Waals surface area contributed by atoms with Gasteiger partial charge in [0.15, 0.2) is 0 Å². The molecule has 6 heteroatoms.